The Morgan fingerprint density at radius 3 is 2.48 bits per heavy atom. The van der Waals surface area contributed by atoms with E-state index in [1.807, 2.05) is 19.9 Å². The SMILES string of the molecule is COCc1cccc(NS(=O)(=O)c2ccc(OC)c(C(=O)NC(C)C)c2)c1. The summed E-state index contributed by atoms with van der Waals surface area (Å²) in [5, 5.41) is 2.74. The van der Waals surface area contributed by atoms with Crippen molar-refractivity contribution in [3.63, 3.8) is 0 Å². The number of benzene rings is 2. The first-order chi connectivity index (χ1) is 12.8. The van der Waals surface area contributed by atoms with Gasteiger partial charge in [-0.15, -0.1) is 0 Å². The van der Waals surface area contributed by atoms with Crippen LogP contribution in [0.25, 0.3) is 0 Å². The van der Waals surface area contributed by atoms with E-state index in [-0.39, 0.29) is 16.5 Å². The fourth-order valence-corrected chi connectivity index (χ4v) is 3.55. The molecule has 0 unspecified atom stereocenters. The van der Waals surface area contributed by atoms with Gasteiger partial charge in [0.1, 0.15) is 5.75 Å². The molecule has 27 heavy (non-hydrogen) atoms. The minimum Gasteiger partial charge on any atom is -0.496 e. The summed E-state index contributed by atoms with van der Waals surface area (Å²) in [5.74, 6) is -0.102. The van der Waals surface area contributed by atoms with Crippen LogP contribution in [0.4, 0.5) is 5.69 Å². The average Bonchev–Trinajstić information content (AvgIpc) is 2.60. The number of ether oxygens (including phenoxy) is 2. The van der Waals surface area contributed by atoms with E-state index in [1.165, 1.54) is 25.3 Å². The predicted octanol–water partition coefficient (Wildman–Crippen LogP) is 2.78. The first-order valence-electron chi connectivity index (χ1n) is 8.36. The number of nitrogens with one attached hydrogen (secondary N) is 2. The Labute approximate surface area is 159 Å². The fraction of sp³-hybridized carbons (Fsp3) is 0.316. The number of anilines is 1. The highest BCUT2D eigenvalue weighted by Gasteiger charge is 2.20. The van der Waals surface area contributed by atoms with Crippen molar-refractivity contribution >= 4 is 21.6 Å². The third kappa shape index (κ3) is 5.45. The number of rotatable bonds is 8. The van der Waals surface area contributed by atoms with E-state index in [0.717, 1.165) is 5.56 Å². The molecule has 0 heterocycles. The van der Waals surface area contributed by atoms with Crippen LogP contribution >= 0.6 is 0 Å². The normalized spacial score (nSPS) is 11.3. The first-order valence-corrected chi connectivity index (χ1v) is 9.84. The summed E-state index contributed by atoms with van der Waals surface area (Å²) in [7, 11) is -0.888. The number of hydrogen-bond donors (Lipinski definition) is 2. The van der Waals surface area contributed by atoms with E-state index in [9.17, 15) is 13.2 Å². The van der Waals surface area contributed by atoms with Gasteiger partial charge in [-0.1, -0.05) is 12.1 Å². The summed E-state index contributed by atoms with van der Waals surface area (Å²) < 4.78 is 38.3. The van der Waals surface area contributed by atoms with Crippen molar-refractivity contribution in [1.29, 1.82) is 0 Å². The Morgan fingerprint density at radius 2 is 1.85 bits per heavy atom. The van der Waals surface area contributed by atoms with Crippen molar-refractivity contribution < 1.29 is 22.7 Å². The summed E-state index contributed by atoms with van der Waals surface area (Å²) >= 11 is 0. The summed E-state index contributed by atoms with van der Waals surface area (Å²) in [5.41, 5.74) is 1.40. The monoisotopic (exact) mass is 392 g/mol. The van der Waals surface area contributed by atoms with Crippen molar-refractivity contribution in [3.05, 3.63) is 53.6 Å². The van der Waals surface area contributed by atoms with Crippen molar-refractivity contribution in [2.45, 2.75) is 31.4 Å². The second-order valence-corrected chi connectivity index (χ2v) is 7.91. The van der Waals surface area contributed by atoms with E-state index in [4.69, 9.17) is 9.47 Å². The molecule has 2 aromatic carbocycles. The molecule has 0 aliphatic carbocycles. The lowest BCUT2D eigenvalue weighted by atomic mass is 10.2. The molecule has 8 heteroatoms. The Kier molecular flexibility index (Phi) is 6.81. The smallest absolute Gasteiger partial charge is 0.261 e. The van der Waals surface area contributed by atoms with Gasteiger partial charge in [-0.05, 0) is 49.7 Å². The van der Waals surface area contributed by atoms with Gasteiger partial charge in [-0.25, -0.2) is 8.42 Å². The molecule has 2 aromatic rings. The molecule has 0 aliphatic heterocycles. The number of methoxy groups -OCH3 is 2. The zero-order valence-corrected chi connectivity index (χ0v) is 16.6. The standard InChI is InChI=1S/C19H24N2O5S/c1-13(2)20-19(22)17-11-16(8-9-18(17)26-4)27(23,24)21-15-7-5-6-14(10-15)12-25-3/h5-11,13,21H,12H2,1-4H3,(H,20,22). The molecule has 0 bridgehead atoms. The molecule has 0 fully saturated rings. The zero-order chi connectivity index (χ0) is 20.0. The molecule has 7 nitrogen and oxygen atoms in total. The molecule has 1 amide bonds. The lowest BCUT2D eigenvalue weighted by Gasteiger charge is -2.14. The minimum absolute atomic E-state index is 0.0330. The third-order valence-electron chi connectivity index (χ3n) is 3.64. The fourth-order valence-electron chi connectivity index (χ4n) is 2.48. The summed E-state index contributed by atoms with van der Waals surface area (Å²) in [6.45, 7) is 4.01. The van der Waals surface area contributed by atoms with Crippen molar-refractivity contribution in [3.8, 4) is 5.75 Å². The van der Waals surface area contributed by atoms with Gasteiger partial charge in [-0.2, -0.15) is 0 Å². The molecule has 0 atom stereocenters. The van der Waals surface area contributed by atoms with Crippen LogP contribution in [-0.2, 0) is 21.4 Å². The van der Waals surface area contributed by atoms with Crippen molar-refractivity contribution in [2.24, 2.45) is 0 Å². The van der Waals surface area contributed by atoms with Gasteiger partial charge in [0, 0.05) is 18.8 Å². The summed E-state index contributed by atoms with van der Waals surface area (Å²) in [6, 6.07) is 11.0. The minimum atomic E-state index is -3.88. The van der Waals surface area contributed by atoms with Crippen molar-refractivity contribution in [1.82, 2.24) is 5.32 Å². The lowest BCUT2D eigenvalue weighted by molar-refractivity contribution is 0.0940. The van der Waals surface area contributed by atoms with Gasteiger partial charge >= 0.3 is 0 Å². The molecule has 0 radical (unpaired) electrons. The van der Waals surface area contributed by atoms with E-state index in [0.29, 0.717) is 18.0 Å². The Hall–Kier alpha value is -2.58. The maximum Gasteiger partial charge on any atom is 0.261 e. The van der Waals surface area contributed by atoms with Crippen LogP contribution in [0.15, 0.2) is 47.4 Å². The number of hydrogen-bond acceptors (Lipinski definition) is 5. The van der Waals surface area contributed by atoms with Crippen LogP contribution in [0, 0.1) is 0 Å². The summed E-state index contributed by atoms with van der Waals surface area (Å²) in [4.78, 5) is 12.3. The van der Waals surface area contributed by atoms with Crippen LogP contribution < -0.4 is 14.8 Å². The van der Waals surface area contributed by atoms with E-state index < -0.39 is 15.9 Å². The molecule has 2 rings (SSSR count). The van der Waals surface area contributed by atoms with E-state index >= 15 is 0 Å². The zero-order valence-electron chi connectivity index (χ0n) is 15.8. The molecule has 0 aromatic heterocycles. The quantitative estimate of drug-likeness (QED) is 0.720. The maximum atomic E-state index is 12.8. The number of amides is 1. The molecular formula is C19H24N2O5S. The van der Waals surface area contributed by atoms with Gasteiger partial charge in [0.15, 0.2) is 0 Å². The largest absolute Gasteiger partial charge is 0.496 e. The molecule has 0 saturated heterocycles. The van der Waals surface area contributed by atoms with E-state index in [2.05, 4.69) is 10.0 Å². The van der Waals surface area contributed by atoms with Crippen LogP contribution in [0.1, 0.15) is 29.8 Å². The average molecular weight is 392 g/mol. The summed E-state index contributed by atoms with van der Waals surface area (Å²) in [6.07, 6.45) is 0. The van der Waals surface area contributed by atoms with Gasteiger partial charge in [0.25, 0.3) is 15.9 Å². The highest BCUT2D eigenvalue weighted by molar-refractivity contribution is 7.92. The van der Waals surface area contributed by atoms with Crippen LogP contribution in [-0.4, -0.2) is 34.6 Å². The Morgan fingerprint density at radius 1 is 1.11 bits per heavy atom. The second kappa shape index (κ2) is 8.88. The van der Waals surface area contributed by atoms with Crippen LogP contribution in [0.3, 0.4) is 0 Å². The topological polar surface area (TPSA) is 93.7 Å². The molecule has 0 saturated carbocycles. The molecule has 146 valence electrons. The maximum absolute atomic E-state index is 12.8. The van der Waals surface area contributed by atoms with Crippen LogP contribution in [0.5, 0.6) is 5.75 Å². The number of carbonyl (C=O) groups excluding carboxylic acids is 1. The van der Waals surface area contributed by atoms with E-state index in [1.54, 1.807) is 25.3 Å². The highest BCUT2D eigenvalue weighted by Crippen LogP contribution is 2.24. The first kappa shape index (κ1) is 20.7. The second-order valence-electron chi connectivity index (χ2n) is 6.23. The van der Waals surface area contributed by atoms with Gasteiger partial charge in [0.2, 0.25) is 0 Å². The van der Waals surface area contributed by atoms with Crippen LogP contribution in [0.2, 0.25) is 0 Å². The van der Waals surface area contributed by atoms with Gasteiger partial charge in [0.05, 0.1) is 24.2 Å². The Balaban J connectivity index is 2.35. The van der Waals surface area contributed by atoms with Gasteiger partial charge < -0.3 is 14.8 Å². The van der Waals surface area contributed by atoms with Gasteiger partial charge in [-0.3, -0.25) is 9.52 Å². The molecule has 0 aliphatic rings. The Bertz CT molecular complexity index is 910. The third-order valence-corrected chi connectivity index (χ3v) is 5.01. The lowest BCUT2D eigenvalue weighted by Crippen LogP contribution is -2.30. The highest BCUT2D eigenvalue weighted by atomic mass is 32.2. The molecule has 2 N–H and O–H groups in total. The number of sulfonamides is 1. The molecule has 0 spiro atoms. The predicted molar refractivity (Wildman–Crippen MR) is 104 cm³/mol. The number of carbonyl (C=O) groups is 1. The van der Waals surface area contributed by atoms with Crippen molar-refractivity contribution in [2.75, 3.05) is 18.9 Å². The molecular weight excluding hydrogens is 368 g/mol.